The number of nitrogens with zero attached hydrogens (tertiary/aromatic N) is 2. The average Bonchev–Trinajstić information content (AvgIpc) is 2.48. The van der Waals surface area contributed by atoms with Gasteiger partial charge in [-0.2, -0.15) is 4.79 Å². The number of fused-ring (bicyclic) bond motifs is 1. The van der Waals surface area contributed by atoms with Crippen molar-refractivity contribution in [2.75, 3.05) is 0 Å². The van der Waals surface area contributed by atoms with E-state index >= 15 is 0 Å². The van der Waals surface area contributed by atoms with Crippen molar-refractivity contribution in [3.63, 3.8) is 0 Å². The Bertz CT molecular complexity index is 477. The van der Waals surface area contributed by atoms with Gasteiger partial charge in [-0.05, 0) is 12.1 Å². The zero-order valence-corrected chi connectivity index (χ0v) is 6.57. The van der Waals surface area contributed by atoms with E-state index in [1.807, 2.05) is 0 Å². The highest BCUT2D eigenvalue weighted by Gasteiger charge is 2.10. The van der Waals surface area contributed by atoms with Gasteiger partial charge in [0, 0.05) is 0 Å². The second-order valence-corrected chi connectivity index (χ2v) is 2.59. The molecule has 1 amide bonds. The molecule has 1 heterocycles. The molecule has 0 spiro atoms. The van der Waals surface area contributed by atoms with Crippen LogP contribution in [0.1, 0.15) is 10.4 Å². The molecule has 2 aromatic rings. The fourth-order valence-corrected chi connectivity index (χ4v) is 1.23. The van der Waals surface area contributed by atoms with Crippen molar-refractivity contribution in [3.8, 4) is 0 Å². The number of rotatable bonds is 1. The lowest BCUT2D eigenvalue weighted by atomic mass is 10.2. The summed E-state index contributed by atoms with van der Waals surface area (Å²) in [5.41, 5.74) is 5.73. The van der Waals surface area contributed by atoms with Gasteiger partial charge < -0.3 is 5.73 Å². The van der Waals surface area contributed by atoms with Crippen LogP contribution in [0.25, 0.3) is 11.0 Å². The van der Waals surface area contributed by atoms with Gasteiger partial charge in [0.05, 0.1) is 11.1 Å². The van der Waals surface area contributed by atoms with E-state index in [-0.39, 0.29) is 15.9 Å². The fourth-order valence-electron chi connectivity index (χ4n) is 1.23. The molecule has 1 aromatic carbocycles. The van der Waals surface area contributed by atoms with Crippen LogP contribution in [0.5, 0.6) is 0 Å². The second-order valence-electron chi connectivity index (χ2n) is 2.59. The summed E-state index contributed by atoms with van der Waals surface area (Å²) < 4.78 is 13.0. The Hall–Kier alpha value is -1.91. The van der Waals surface area contributed by atoms with Crippen LogP contribution in [0.15, 0.2) is 24.5 Å². The Morgan fingerprint density at radius 2 is 2.31 bits per heavy atom. The van der Waals surface area contributed by atoms with E-state index in [2.05, 4.69) is 4.98 Å². The maximum absolute atomic E-state index is 13.0. The van der Waals surface area contributed by atoms with E-state index in [4.69, 9.17) is 5.73 Å². The van der Waals surface area contributed by atoms with Gasteiger partial charge in [0.15, 0.2) is 0 Å². The third-order valence-electron chi connectivity index (χ3n) is 1.79. The number of carbonyl (C=O) groups is 1. The highest BCUT2D eigenvalue weighted by atomic mass is 19.2. The number of para-hydroxylation sites is 1. The van der Waals surface area contributed by atoms with Gasteiger partial charge in [-0.3, -0.25) is 4.79 Å². The summed E-state index contributed by atoms with van der Waals surface area (Å²) in [4.78, 5) is 14.9. The van der Waals surface area contributed by atoms with Gasteiger partial charge in [0.2, 0.25) is 0 Å². The van der Waals surface area contributed by atoms with Gasteiger partial charge in [0.1, 0.15) is 11.8 Å². The van der Waals surface area contributed by atoms with Crippen molar-refractivity contribution >= 4 is 16.9 Å². The summed E-state index contributed by atoms with van der Waals surface area (Å²) >= 11 is 0. The lowest BCUT2D eigenvalue weighted by Gasteiger charge is -1.97. The predicted octanol–water partition coefficient (Wildman–Crippen LogP) is 0.868. The Labute approximate surface area is 72.7 Å². The Morgan fingerprint density at radius 1 is 1.54 bits per heavy atom. The van der Waals surface area contributed by atoms with Crippen molar-refractivity contribution in [3.05, 3.63) is 30.1 Å². The Morgan fingerprint density at radius 3 is 3.00 bits per heavy atom. The minimum Gasteiger partial charge on any atom is -0.366 e. The quantitative estimate of drug-likeness (QED) is 0.705. The van der Waals surface area contributed by atoms with E-state index in [1.165, 1.54) is 6.07 Å². The lowest BCUT2D eigenvalue weighted by Crippen LogP contribution is -2.11. The summed E-state index contributed by atoms with van der Waals surface area (Å²) in [6.45, 7) is 0. The van der Waals surface area contributed by atoms with Crippen LogP contribution in [-0.4, -0.2) is 15.7 Å². The topological polar surface area (TPSA) is 60.9 Å². The van der Waals surface area contributed by atoms with Crippen LogP contribution in [0.3, 0.4) is 0 Å². The van der Waals surface area contributed by atoms with Crippen molar-refractivity contribution in [1.29, 1.82) is 0 Å². The molecular weight excluding hydrogens is 173 g/mol. The first-order chi connectivity index (χ1) is 6.20. The predicted molar refractivity (Wildman–Crippen MR) is 44.8 cm³/mol. The second kappa shape index (κ2) is 2.55. The zero-order chi connectivity index (χ0) is 9.42. The minimum atomic E-state index is -0.662. The maximum atomic E-state index is 13.0. The summed E-state index contributed by atoms with van der Waals surface area (Å²) in [7, 11) is 0. The molecule has 0 radical (unpaired) electrons. The molecule has 0 unspecified atom stereocenters. The van der Waals surface area contributed by atoms with Gasteiger partial charge in [-0.15, -0.1) is 0 Å². The first-order valence-corrected chi connectivity index (χ1v) is 3.62. The molecule has 0 aliphatic rings. The Balaban J connectivity index is 2.88. The molecule has 0 aliphatic heterocycles. The molecule has 0 saturated heterocycles. The number of benzene rings is 1. The van der Waals surface area contributed by atoms with Crippen molar-refractivity contribution in [1.82, 2.24) is 9.77 Å². The van der Waals surface area contributed by atoms with E-state index in [0.717, 1.165) is 6.33 Å². The summed E-state index contributed by atoms with van der Waals surface area (Å²) in [6, 6.07) is 4.68. The van der Waals surface area contributed by atoms with Crippen LogP contribution in [-0.2, 0) is 0 Å². The third-order valence-corrected chi connectivity index (χ3v) is 1.79. The number of hydrogen-bond donors (Lipinski definition) is 1. The molecule has 0 fully saturated rings. The monoisotopic (exact) mass is 179 g/mol. The smallest absolute Gasteiger partial charge is 0.251 e. The number of primary amides is 1. The van der Waals surface area contributed by atoms with E-state index < -0.39 is 5.91 Å². The molecule has 0 saturated carbocycles. The Kier molecular flexibility index (Phi) is 1.51. The fraction of sp³-hybridized carbons (Fsp3) is 0. The molecule has 0 atom stereocenters. The van der Waals surface area contributed by atoms with Gasteiger partial charge >= 0.3 is 0 Å². The summed E-state index contributed by atoms with van der Waals surface area (Å²) in [6.07, 6.45) is 0.997. The molecule has 2 N–H and O–H groups in total. The summed E-state index contributed by atoms with van der Waals surface area (Å²) in [5, 5.41) is 0. The van der Waals surface area contributed by atoms with Crippen LogP contribution < -0.4 is 5.73 Å². The van der Waals surface area contributed by atoms with E-state index in [9.17, 15) is 9.28 Å². The lowest BCUT2D eigenvalue weighted by molar-refractivity contribution is 0.100. The molecule has 66 valence electrons. The number of halogens is 1. The number of hydrogen-bond acceptors (Lipinski definition) is 2. The molecule has 1 aromatic heterocycles. The maximum Gasteiger partial charge on any atom is 0.251 e. The SMILES string of the molecule is NC(=O)c1cccc2ncn(F)c12. The molecule has 13 heavy (non-hydrogen) atoms. The van der Waals surface area contributed by atoms with Crippen molar-refractivity contribution < 1.29 is 9.28 Å². The molecule has 2 rings (SSSR count). The molecule has 0 bridgehead atoms. The van der Waals surface area contributed by atoms with Crippen LogP contribution >= 0.6 is 0 Å². The number of nitrogens with two attached hydrogens (primary N) is 1. The molecule has 0 aliphatic carbocycles. The number of imidazole rings is 1. The minimum absolute atomic E-state index is 0.120. The highest BCUT2D eigenvalue weighted by molar-refractivity contribution is 6.04. The van der Waals surface area contributed by atoms with Gasteiger partial charge in [0.25, 0.3) is 5.91 Å². The van der Waals surface area contributed by atoms with E-state index in [0.29, 0.717) is 5.52 Å². The first-order valence-electron chi connectivity index (χ1n) is 3.62. The molecular formula is C8H6FN3O. The number of amides is 1. The largest absolute Gasteiger partial charge is 0.366 e. The van der Waals surface area contributed by atoms with Gasteiger partial charge in [-0.25, -0.2) is 4.98 Å². The van der Waals surface area contributed by atoms with Crippen molar-refractivity contribution in [2.45, 2.75) is 0 Å². The van der Waals surface area contributed by atoms with Crippen molar-refractivity contribution in [2.24, 2.45) is 5.73 Å². The number of carbonyl (C=O) groups excluding carboxylic acids is 1. The van der Waals surface area contributed by atoms with Crippen LogP contribution in [0, 0.1) is 0 Å². The average molecular weight is 179 g/mol. The van der Waals surface area contributed by atoms with Crippen LogP contribution in [0.4, 0.5) is 4.48 Å². The van der Waals surface area contributed by atoms with Crippen LogP contribution in [0.2, 0.25) is 0 Å². The first kappa shape index (κ1) is 7.72. The van der Waals surface area contributed by atoms with E-state index in [1.54, 1.807) is 12.1 Å². The normalized spacial score (nSPS) is 10.5. The molecule has 4 nitrogen and oxygen atoms in total. The van der Waals surface area contributed by atoms with Gasteiger partial charge in [-0.1, -0.05) is 10.5 Å². The highest BCUT2D eigenvalue weighted by Crippen LogP contribution is 2.17. The third kappa shape index (κ3) is 1.05. The summed E-state index contributed by atoms with van der Waals surface area (Å²) in [5.74, 6) is -0.662. The number of aromatic nitrogens is 2. The molecule has 5 heteroatoms. The standard InChI is InChI=1S/C8H6FN3O/c9-12-4-11-6-3-1-2-5(7(6)12)8(10)13/h1-4H,(H2,10,13). The zero-order valence-electron chi connectivity index (χ0n) is 6.57.